The predicted octanol–water partition coefficient (Wildman–Crippen LogP) is 3.41. The van der Waals surface area contributed by atoms with Gasteiger partial charge in [0.05, 0.1) is 12.5 Å². The Bertz CT molecular complexity index is 527. The van der Waals surface area contributed by atoms with Gasteiger partial charge in [-0.3, -0.25) is 9.59 Å². The van der Waals surface area contributed by atoms with E-state index in [1.165, 1.54) is 0 Å². The van der Waals surface area contributed by atoms with Crippen LogP contribution in [-0.4, -0.2) is 36.5 Å². The Kier molecular flexibility index (Phi) is 5.48. The molecule has 1 aromatic carbocycles. The van der Waals surface area contributed by atoms with Gasteiger partial charge in [0.2, 0.25) is 0 Å². The summed E-state index contributed by atoms with van der Waals surface area (Å²) in [6, 6.07) is 4.75. The Hall–Kier alpha value is -1.26. The van der Waals surface area contributed by atoms with E-state index in [1.807, 2.05) is 0 Å². The molecule has 0 bridgehead atoms. The molecule has 0 N–H and O–H groups in total. The lowest BCUT2D eigenvalue weighted by molar-refractivity contribution is -0.149. The number of hydrogen-bond donors (Lipinski definition) is 0. The first kappa shape index (κ1) is 16.1. The number of carbonyl (C=O) groups is 2. The number of halogens is 2. The highest BCUT2D eigenvalue weighted by Gasteiger charge is 2.29. The zero-order valence-electron chi connectivity index (χ0n) is 11.8. The van der Waals surface area contributed by atoms with E-state index in [4.69, 9.17) is 27.9 Å². The molecule has 0 aromatic heterocycles. The molecule has 0 spiro atoms. The zero-order valence-corrected chi connectivity index (χ0v) is 13.3. The summed E-state index contributed by atoms with van der Waals surface area (Å²) in [5.41, 5.74) is 0.442. The summed E-state index contributed by atoms with van der Waals surface area (Å²) in [5, 5.41) is 0.842. The number of benzene rings is 1. The first-order valence-corrected chi connectivity index (χ1v) is 7.69. The van der Waals surface area contributed by atoms with Crippen LogP contribution < -0.4 is 0 Å². The van der Waals surface area contributed by atoms with Crippen LogP contribution in [0.3, 0.4) is 0 Å². The molecule has 0 aliphatic carbocycles. The van der Waals surface area contributed by atoms with Gasteiger partial charge in [0.15, 0.2) is 0 Å². The number of hydrogen-bond acceptors (Lipinski definition) is 3. The number of rotatable bonds is 3. The first-order chi connectivity index (χ1) is 10.0. The van der Waals surface area contributed by atoms with E-state index in [-0.39, 0.29) is 17.8 Å². The van der Waals surface area contributed by atoms with Gasteiger partial charge in [-0.2, -0.15) is 0 Å². The molecule has 1 heterocycles. The molecule has 0 radical (unpaired) electrons. The van der Waals surface area contributed by atoms with Crippen molar-refractivity contribution in [1.29, 1.82) is 0 Å². The summed E-state index contributed by atoms with van der Waals surface area (Å²) in [5.74, 6) is -0.648. The maximum absolute atomic E-state index is 12.5. The maximum atomic E-state index is 12.5. The van der Waals surface area contributed by atoms with Crippen molar-refractivity contribution in [2.24, 2.45) is 5.92 Å². The highest BCUT2D eigenvalue weighted by molar-refractivity contribution is 6.35. The summed E-state index contributed by atoms with van der Waals surface area (Å²) < 4.78 is 5.03. The van der Waals surface area contributed by atoms with Crippen LogP contribution in [0.1, 0.15) is 30.1 Å². The van der Waals surface area contributed by atoms with Crippen LogP contribution in [0.25, 0.3) is 0 Å². The van der Waals surface area contributed by atoms with Crippen molar-refractivity contribution in [3.05, 3.63) is 33.8 Å². The minimum atomic E-state index is -0.252. The van der Waals surface area contributed by atoms with Gasteiger partial charge in [0.25, 0.3) is 5.91 Å². The SMILES string of the molecule is CCOC(=O)C1CCCN(C(=O)c2cc(Cl)cc(Cl)c2)C1. The fraction of sp³-hybridized carbons (Fsp3) is 0.467. The average Bonchev–Trinajstić information content (AvgIpc) is 2.46. The molecule has 1 aliphatic rings. The van der Waals surface area contributed by atoms with E-state index in [2.05, 4.69) is 0 Å². The normalized spacial score (nSPS) is 18.4. The van der Waals surface area contributed by atoms with Crippen molar-refractivity contribution in [3.63, 3.8) is 0 Å². The molecule has 1 unspecified atom stereocenters. The van der Waals surface area contributed by atoms with Crippen LogP contribution in [0.15, 0.2) is 18.2 Å². The third-order valence-corrected chi connectivity index (χ3v) is 3.87. The molecule has 114 valence electrons. The number of carbonyl (C=O) groups excluding carboxylic acids is 2. The summed E-state index contributed by atoms with van der Waals surface area (Å²) >= 11 is 11.8. The first-order valence-electron chi connectivity index (χ1n) is 6.93. The number of esters is 1. The fourth-order valence-corrected chi connectivity index (χ4v) is 3.00. The monoisotopic (exact) mass is 329 g/mol. The molecule has 21 heavy (non-hydrogen) atoms. The number of ether oxygens (including phenoxy) is 1. The molecule has 1 amide bonds. The van der Waals surface area contributed by atoms with E-state index < -0.39 is 0 Å². The Morgan fingerprint density at radius 2 is 1.95 bits per heavy atom. The van der Waals surface area contributed by atoms with E-state index >= 15 is 0 Å². The lowest BCUT2D eigenvalue weighted by Crippen LogP contribution is -2.42. The summed E-state index contributed by atoms with van der Waals surface area (Å²) in [6.45, 7) is 3.13. The molecule has 1 aromatic rings. The summed E-state index contributed by atoms with van der Waals surface area (Å²) in [7, 11) is 0. The van der Waals surface area contributed by atoms with Crippen LogP contribution in [0.5, 0.6) is 0 Å². The molecule has 4 nitrogen and oxygen atoms in total. The van der Waals surface area contributed by atoms with Crippen molar-refractivity contribution in [3.8, 4) is 0 Å². The van der Waals surface area contributed by atoms with Crippen LogP contribution in [-0.2, 0) is 9.53 Å². The second-order valence-electron chi connectivity index (χ2n) is 5.00. The quantitative estimate of drug-likeness (QED) is 0.798. The van der Waals surface area contributed by atoms with E-state index in [0.29, 0.717) is 35.3 Å². The molecule has 6 heteroatoms. The van der Waals surface area contributed by atoms with Gasteiger partial charge >= 0.3 is 5.97 Å². The lowest BCUT2D eigenvalue weighted by Gasteiger charge is -2.31. The molecule has 1 aliphatic heterocycles. The Labute approximate surface area is 134 Å². The van der Waals surface area contributed by atoms with Gasteiger partial charge in [-0.25, -0.2) is 0 Å². The Morgan fingerprint density at radius 1 is 1.29 bits per heavy atom. The lowest BCUT2D eigenvalue weighted by atomic mass is 9.97. The van der Waals surface area contributed by atoms with Crippen molar-refractivity contribution < 1.29 is 14.3 Å². The van der Waals surface area contributed by atoms with Crippen LogP contribution in [0.4, 0.5) is 0 Å². The molecular weight excluding hydrogens is 313 g/mol. The Balaban J connectivity index is 2.10. The zero-order chi connectivity index (χ0) is 15.4. The molecule has 1 saturated heterocycles. The molecule has 0 saturated carbocycles. The third-order valence-electron chi connectivity index (χ3n) is 3.44. The van der Waals surface area contributed by atoms with Crippen LogP contribution in [0, 0.1) is 5.92 Å². The fourth-order valence-electron chi connectivity index (χ4n) is 2.47. The van der Waals surface area contributed by atoms with Crippen molar-refractivity contribution >= 4 is 35.1 Å². The van der Waals surface area contributed by atoms with Gasteiger partial charge in [-0.15, -0.1) is 0 Å². The molecule has 1 atom stereocenters. The van der Waals surface area contributed by atoms with E-state index in [1.54, 1.807) is 30.0 Å². The minimum Gasteiger partial charge on any atom is -0.466 e. The topological polar surface area (TPSA) is 46.6 Å². The van der Waals surface area contributed by atoms with E-state index in [9.17, 15) is 9.59 Å². The van der Waals surface area contributed by atoms with E-state index in [0.717, 1.165) is 12.8 Å². The number of amides is 1. The third kappa shape index (κ3) is 4.11. The maximum Gasteiger partial charge on any atom is 0.310 e. The van der Waals surface area contributed by atoms with Crippen LogP contribution >= 0.6 is 23.2 Å². The van der Waals surface area contributed by atoms with Crippen molar-refractivity contribution in [2.75, 3.05) is 19.7 Å². The second-order valence-corrected chi connectivity index (χ2v) is 5.87. The van der Waals surface area contributed by atoms with Gasteiger partial charge in [-0.05, 0) is 38.0 Å². The van der Waals surface area contributed by atoms with Gasteiger partial charge < -0.3 is 9.64 Å². The van der Waals surface area contributed by atoms with Crippen LogP contribution in [0.2, 0.25) is 10.0 Å². The summed E-state index contributed by atoms with van der Waals surface area (Å²) in [4.78, 5) is 26.0. The predicted molar refractivity (Wildman–Crippen MR) is 81.7 cm³/mol. The Morgan fingerprint density at radius 3 is 2.57 bits per heavy atom. The van der Waals surface area contributed by atoms with Crippen molar-refractivity contribution in [1.82, 2.24) is 4.90 Å². The van der Waals surface area contributed by atoms with Gasteiger partial charge in [0.1, 0.15) is 0 Å². The summed E-state index contributed by atoms with van der Waals surface area (Å²) in [6.07, 6.45) is 1.53. The highest BCUT2D eigenvalue weighted by Crippen LogP contribution is 2.23. The van der Waals surface area contributed by atoms with Gasteiger partial charge in [-0.1, -0.05) is 23.2 Å². The highest BCUT2D eigenvalue weighted by atomic mass is 35.5. The smallest absolute Gasteiger partial charge is 0.310 e. The minimum absolute atomic E-state index is 0.159. The molecular formula is C15H17Cl2NO3. The molecule has 2 rings (SSSR count). The molecule has 1 fully saturated rings. The largest absolute Gasteiger partial charge is 0.466 e. The average molecular weight is 330 g/mol. The van der Waals surface area contributed by atoms with Gasteiger partial charge in [0, 0.05) is 28.7 Å². The number of piperidine rings is 1. The second kappa shape index (κ2) is 7.14. The van der Waals surface area contributed by atoms with Crippen molar-refractivity contribution in [2.45, 2.75) is 19.8 Å². The number of likely N-dealkylation sites (tertiary alicyclic amines) is 1. The number of nitrogens with zero attached hydrogens (tertiary/aromatic N) is 1. The standard InChI is InChI=1S/C15H17Cl2NO3/c1-2-21-15(20)10-4-3-5-18(9-10)14(19)11-6-12(16)8-13(17)7-11/h6-8,10H,2-5,9H2,1H3.